The van der Waals surface area contributed by atoms with Crippen LogP contribution in [0.4, 0.5) is 5.69 Å². The second-order valence-electron chi connectivity index (χ2n) is 7.34. The van der Waals surface area contributed by atoms with Crippen LogP contribution in [-0.4, -0.2) is 39.5 Å². The van der Waals surface area contributed by atoms with Crippen molar-refractivity contribution in [2.24, 2.45) is 5.92 Å². The van der Waals surface area contributed by atoms with Gasteiger partial charge in [-0.25, -0.2) is 13.1 Å². The summed E-state index contributed by atoms with van der Waals surface area (Å²) in [5.41, 5.74) is 1.04. The molecular weight excluding hydrogens is 352 g/mol. The third-order valence-electron chi connectivity index (χ3n) is 5.42. The van der Waals surface area contributed by atoms with Crippen molar-refractivity contribution >= 4 is 15.7 Å². The molecule has 0 radical (unpaired) electrons. The van der Waals surface area contributed by atoms with Crippen LogP contribution in [0.2, 0.25) is 0 Å². The van der Waals surface area contributed by atoms with Gasteiger partial charge in [-0.2, -0.15) is 0 Å². The molecule has 1 unspecified atom stereocenters. The molecule has 1 aromatic carbocycles. The van der Waals surface area contributed by atoms with Crippen LogP contribution < -0.4 is 19.5 Å². The molecule has 146 valence electrons. The minimum absolute atomic E-state index is 0.0829. The lowest BCUT2D eigenvalue weighted by Crippen LogP contribution is -2.42. The van der Waals surface area contributed by atoms with E-state index in [2.05, 4.69) is 10.0 Å². The van der Waals surface area contributed by atoms with E-state index in [-0.39, 0.29) is 11.3 Å². The summed E-state index contributed by atoms with van der Waals surface area (Å²) in [6, 6.07) is 6.02. The van der Waals surface area contributed by atoms with Crippen molar-refractivity contribution in [2.45, 2.75) is 57.2 Å². The van der Waals surface area contributed by atoms with E-state index in [1.54, 1.807) is 6.92 Å². The molecule has 0 spiro atoms. The average molecular weight is 383 g/mol. The van der Waals surface area contributed by atoms with E-state index < -0.39 is 10.0 Å². The van der Waals surface area contributed by atoms with Gasteiger partial charge >= 0.3 is 0 Å². The molecule has 1 fully saturated rings. The SMILES string of the molecule is CCC(C)S(=O)(=O)NC1CCC(CNc2ccc3c(c2)OCCO3)CC1. The maximum atomic E-state index is 12.2. The fraction of sp³-hybridized carbons (Fsp3) is 0.684. The quantitative estimate of drug-likeness (QED) is 0.758. The van der Waals surface area contributed by atoms with Crippen LogP contribution in [0.1, 0.15) is 46.0 Å². The highest BCUT2D eigenvalue weighted by atomic mass is 32.2. The first-order valence-electron chi connectivity index (χ1n) is 9.62. The molecule has 0 amide bonds. The summed E-state index contributed by atoms with van der Waals surface area (Å²) in [7, 11) is -3.18. The van der Waals surface area contributed by atoms with Gasteiger partial charge in [-0.05, 0) is 57.1 Å². The molecule has 1 aromatic rings. The Morgan fingerprint density at radius 2 is 1.81 bits per heavy atom. The lowest BCUT2D eigenvalue weighted by molar-refractivity contribution is 0.171. The Balaban J connectivity index is 1.44. The Bertz CT molecular complexity index is 699. The molecule has 0 saturated heterocycles. The molecule has 3 rings (SSSR count). The number of rotatable bonds is 7. The Labute approximate surface area is 156 Å². The standard InChI is InChI=1S/C19H30N2O4S/c1-3-14(2)26(22,23)21-16-6-4-15(5-7-16)13-20-17-8-9-18-19(12-17)25-11-10-24-18/h8-9,12,14-16,20-21H,3-7,10-11,13H2,1-2H3. The van der Waals surface area contributed by atoms with Gasteiger partial charge in [-0.1, -0.05) is 6.92 Å². The minimum Gasteiger partial charge on any atom is -0.486 e. The van der Waals surface area contributed by atoms with E-state index in [1.165, 1.54) is 0 Å². The number of sulfonamides is 1. The molecule has 0 bridgehead atoms. The number of fused-ring (bicyclic) bond motifs is 1. The lowest BCUT2D eigenvalue weighted by Gasteiger charge is -2.30. The van der Waals surface area contributed by atoms with Crippen LogP contribution in [0.5, 0.6) is 11.5 Å². The Morgan fingerprint density at radius 1 is 1.12 bits per heavy atom. The normalized spacial score (nSPS) is 24.1. The van der Waals surface area contributed by atoms with Gasteiger partial charge in [0, 0.05) is 24.3 Å². The second-order valence-corrected chi connectivity index (χ2v) is 9.47. The molecule has 1 heterocycles. The molecular formula is C19H30N2O4S. The number of hydrogen-bond acceptors (Lipinski definition) is 5. The van der Waals surface area contributed by atoms with Crippen LogP contribution in [0.3, 0.4) is 0 Å². The van der Waals surface area contributed by atoms with Crippen molar-refractivity contribution in [3.8, 4) is 11.5 Å². The average Bonchev–Trinajstić information content (AvgIpc) is 2.66. The highest BCUT2D eigenvalue weighted by molar-refractivity contribution is 7.90. The third-order valence-corrected chi connectivity index (χ3v) is 7.47. The highest BCUT2D eigenvalue weighted by Gasteiger charge is 2.27. The van der Waals surface area contributed by atoms with Crippen LogP contribution >= 0.6 is 0 Å². The maximum absolute atomic E-state index is 12.2. The summed E-state index contributed by atoms with van der Waals surface area (Å²) in [4.78, 5) is 0. The maximum Gasteiger partial charge on any atom is 0.214 e. The Kier molecular flexibility index (Phi) is 6.29. The number of ether oxygens (including phenoxy) is 2. The first-order valence-corrected chi connectivity index (χ1v) is 11.2. The van der Waals surface area contributed by atoms with Gasteiger partial charge in [0.05, 0.1) is 5.25 Å². The van der Waals surface area contributed by atoms with E-state index >= 15 is 0 Å². The van der Waals surface area contributed by atoms with E-state index in [9.17, 15) is 8.42 Å². The zero-order valence-electron chi connectivity index (χ0n) is 15.7. The van der Waals surface area contributed by atoms with E-state index in [0.29, 0.717) is 25.6 Å². The molecule has 1 atom stereocenters. The van der Waals surface area contributed by atoms with E-state index in [0.717, 1.165) is 49.4 Å². The zero-order valence-corrected chi connectivity index (χ0v) is 16.5. The summed E-state index contributed by atoms with van der Waals surface area (Å²) in [6.45, 7) is 5.76. The van der Waals surface area contributed by atoms with Crippen LogP contribution in [0, 0.1) is 5.92 Å². The number of hydrogen-bond donors (Lipinski definition) is 2. The van der Waals surface area contributed by atoms with E-state index in [4.69, 9.17) is 9.47 Å². The Hall–Kier alpha value is -1.47. The molecule has 7 heteroatoms. The van der Waals surface area contributed by atoms with Gasteiger partial charge in [0.2, 0.25) is 10.0 Å². The predicted molar refractivity (Wildman–Crippen MR) is 103 cm³/mol. The summed E-state index contributed by atoms with van der Waals surface area (Å²) < 4.78 is 38.4. The number of anilines is 1. The van der Waals surface area contributed by atoms with Crippen molar-refractivity contribution in [2.75, 3.05) is 25.1 Å². The molecule has 1 aliphatic heterocycles. The molecule has 1 saturated carbocycles. The molecule has 2 N–H and O–H groups in total. The van der Waals surface area contributed by atoms with Gasteiger partial charge < -0.3 is 14.8 Å². The molecule has 6 nitrogen and oxygen atoms in total. The predicted octanol–water partition coefficient (Wildman–Crippen LogP) is 3.15. The van der Waals surface area contributed by atoms with Crippen LogP contribution in [0.25, 0.3) is 0 Å². The van der Waals surface area contributed by atoms with Gasteiger partial charge in [0.15, 0.2) is 11.5 Å². The van der Waals surface area contributed by atoms with Gasteiger partial charge in [-0.3, -0.25) is 0 Å². The van der Waals surface area contributed by atoms with E-state index in [1.807, 2.05) is 25.1 Å². The molecule has 2 aliphatic rings. The Morgan fingerprint density at radius 3 is 2.50 bits per heavy atom. The highest BCUT2D eigenvalue weighted by Crippen LogP contribution is 2.33. The monoisotopic (exact) mass is 382 g/mol. The van der Waals surface area contributed by atoms with Crippen LogP contribution in [0.15, 0.2) is 18.2 Å². The van der Waals surface area contributed by atoms with Crippen LogP contribution in [-0.2, 0) is 10.0 Å². The molecule has 26 heavy (non-hydrogen) atoms. The largest absolute Gasteiger partial charge is 0.486 e. The fourth-order valence-corrected chi connectivity index (χ4v) is 4.84. The second kappa shape index (κ2) is 8.48. The van der Waals surface area contributed by atoms with Crippen molar-refractivity contribution in [1.29, 1.82) is 0 Å². The first kappa shape index (κ1) is 19.3. The van der Waals surface area contributed by atoms with Gasteiger partial charge in [0.1, 0.15) is 13.2 Å². The first-order chi connectivity index (χ1) is 12.5. The smallest absolute Gasteiger partial charge is 0.214 e. The van der Waals surface area contributed by atoms with Gasteiger partial charge in [-0.15, -0.1) is 0 Å². The summed E-state index contributed by atoms with van der Waals surface area (Å²) >= 11 is 0. The summed E-state index contributed by atoms with van der Waals surface area (Å²) in [6.07, 6.45) is 4.52. The summed E-state index contributed by atoms with van der Waals surface area (Å²) in [5.74, 6) is 2.16. The zero-order chi connectivity index (χ0) is 18.6. The summed E-state index contributed by atoms with van der Waals surface area (Å²) in [5, 5.41) is 3.16. The topological polar surface area (TPSA) is 76.7 Å². The molecule has 0 aromatic heterocycles. The number of benzene rings is 1. The van der Waals surface area contributed by atoms with Crippen molar-refractivity contribution < 1.29 is 17.9 Å². The number of nitrogens with one attached hydrogen (secondary N) is 2. The lowest BCUT2D eigenvalue weighted by atomic mass is 9.86. The van der Waals surface area contributed by atoms with Crippen molar-refractivity contribution in [1.82, 2.24) is 4.72 Å². The van der Waals surface area contributed by atoms with Gasteiger partial charge in [0.25, 0.3) is 0 Å². The minimum atomic E-state index is -3.18. The fourth-order valence-electron chi connectivity index (χ4n) is 3.47. The third kappa shape index (κ3) is 4.82. The van der Waals surface area contributed by atoms with Crippen molar-refractivity contribution in [3.05, 3.63) is 18.2 Å². The van der Waals surface area contributed by atoms with Crippen molar-refractivity contribution in [3.63, 3.8) is 0 Å². The molecule has 1 aliphatic carbocycles.